The number of aliphatic hydroxyl groups excluding tert-OH is 1. The predicted molar refractivity (Wildman–Crippen MR) is 131 cm³/mol. The molecule has 4 fully saturated rings. The first-order valence-corrected chi connectivity index (χ1v) is 13.6. The highest BCUT2D eigenvalue weighted by Crippen LogP contribution is 2.78. The van der Waals surface area contributed by atoms with Crippen molar-refractivity contribution in [2.75, 3.05) is 0 Å². The highest BCUT2D eigenvalue weighted by atomic mass is 16.3. The SMILES string of the molecule is CC1=C(O)CC[C@H]2[C@]3(C)CC[C@@]4(C)[C@H]5CC(C)(C)CC[C@]5(C)CC[C@]4(C)[C@H]3CC[C@]12C. The van der Waals surface area contributed by atoms with Crippen LogP contribution >= 0.6 is 0 Å². The van der Waals surface area contributed by atoms with Crippen LogP contribution in [0.3, 0.4) is 0 Å². The maximum Gasteiger partial charge on any atom is 0.0917 e. The largest absolute Gasteiger partial charge is 0.512 e. The third-order valence-electron chi connectivity index (χ3n) is 13.5. The van der Waals surface area contributed by atoms with E-state index >= 15 is 0 Å². The van der Waals surface area contributed by atoms with Crippen LogP contribution in [0, 0.1) is 50.2 Å². The van der Waals surface area contributed by atoms with Gasteiger partial charge < -0.3 is 5.11 Å². The van der Waals surface area contributed by atoms with Gasteiger partial charge in [0.2, 0.25) is 0 Å². The molecular weight excluding hydrogens is 376 g/mol. The summed E-state index contributed by atoms with van der Waals surface area (Å²) < 4.78 is 0. The van der Waals surface area contributed by atoms with E-state index in [1.165, 1.54) is 69.8 Å². The average molecular weight is 427 g/mol. The van der Waals surface area contributed by atoms with Gasteiger partial charge in [-0.15, -0.1) is 0 Å². The predicted octanol–water partition coefficient (Wildman–Crippen LogP) is 9.08. The number of aliphatic hydroxyl groups is 1. The van der Waals surface area contributed by atoms with Crippen molar-refractivity contribution in [3.05, 3.63) is 11.3 Å². The summed E-state index contributed by atoms with van der Waals surface area (Å²) in [5, 5.41) is 10.6. The van der Waals surface area contributed by atoms with Crippen LogP contribution in [0.2, 0.25) is 0 Å². The van der Waals surface area contributed by atoms with Crippen molar-refractivity contribution in [1.82, 2.24) is 0 Å². The van der Waals surface area contributed by atoms with Crippen molar-refractivity contribution in [3.63, 3.8) is 0 Å². The average Bonchev–Trinajstić information content (AvgIpc) is 2.69. The molecule has 176 valence electrons. The van der Waals surface area contributed by atoms with E-state index in [1.807, 2.05) is 0 Å². The Morgan fingerprint density at radius 1 is 0.677 bits per heavy atom. The normalized spacial score (nSPS) is 56.2. The Morgan fingerprint density at radius 3 is 2.00 bits per heavy atom. The lowest BCUT2D eigenvalue weighted by atomic mass is 9.30. The maximum absolute atomic E-state index is 10.6. The summed E-state index contributed by atoms with van der Waals surface area (Å²) in [4.78, 5) is 0. The highest BCUT2D eigenvalue weighted by Gasteiger charge is 2.70. The molecule has 0 bridgehead atoms. The smallest absolute Gasteiger partial charge is 0.0917 e. The molecule has 0 saturated heterocycles. The van der Waals surface area contributed by atoms with Gasteiger partial charge in [0.1, 0.15) is 0 Å². The van der Waals surface area contributed by atoms with Gasteiger partial charge in [0.05, 0.1) is 5.76 Å². The van der Waals surface area contributed by atoms with Crippen LogP contribution in [0.15, 0.2) is 11.3 Å². The molecule has 0 unspecified atom stereocenters. The van der Waals surface area contributed by atoms with Gasteiger partial charge in [0, 0.05) is 6.42 Å². The van der Waals surface area contributed by atoms with Crippen LogP contribution in [0.4, 0.5) is 0 Å². The van der Waals surface area contributed by atoms with Crippen molar-refractivity contribution in [2.45, 2.75) is 126 Å². The Morgan fingerprint density at radius 2 is 1.29 bits per heavy atom. The summed E-state index contributed by atoms with van der Waals surface area (Å²) in [5.41, 5.74) is 4.01. The summed E-state index contributed by atoms with van der Waals surface area (Å²) in [6.45, 7) is 20.7. The fourth-order valence-electron chi connectivity index (χ4n) is 11.0. The molecule has 1 heteroatoms. The number of hydrogen-bond acceptors (Lipinski definition) is 1. The van der Waals surface area contributed by atoms with E-state index < -0.39 is 0 Å². The summed E-state index contributed by atoms with van der Waals surface area (Å²) in [5.74, 6) is 3.19. The monoisotopic (exact) mass is 426 g/mol. The first-order valence-electron chi connectivity index (χ1n) is 13.6. The van der Waals surface area contributed by atoms with E-state index in [1.54, 1.807) is 0 Å². The van der Waals surface area contributed by atoms with Gasteiger partial charge in [-0.3, -0.25) is 0 Å². The molecule has 0 aromatic rings. The van der Waals surface area contributed by atoms with Crippen molar-refractivity contribution >= 4 is 0 Å². The first kappa shape index (κ1) is 22.3. The molecule has 0 heterocycles. The molecule has 0 amide bonds. The quantitative estimate of drug-likeness (QED) is 0.409. The van der Waals surface area contributed by atoms with Crippen molar-refractivity contribution in [1.29, 1.82) is 0 Å². The van der Waals surface area contributed by atoms with Gasteiger partial charge in [0.15, 0.2) is 0 Å². The molecule has 1 N–H and O–H groups in total. The highest BCUT2D eigenvalue weighted by molar-refractivity contribution is 5.27. The van der Waals surface area contributed by atoms with E-state index in [2.05, 4.69) is 55.4 Å². The maximum atomic E-state index is 10.6. The van der Waals surface area contributed by atoms with Gasteiger partial charge >= 0.3 is 0 Å². The van der Waals surface area contributed by atoms with E-state index in [4.69, 9.17) is 0 Å². The summed E-state index contributed by atoms with van der Waals surface area (Å²) >= 11 is 0. The lowest BCUT2D eigenvalue weighted by molar-refractivity contribution is -0.249. The summed E-state index contributed by atoms with van der Waals surface area (Å²) in [7, 11) is 0. The molecular formula is C30H50O. The Labute approximate surface area is 192 Å². The van der Waals surface area contributed by atoms with Gasteiger partial charge in [0.25, 0.3) is 0 Å². The second-order valence-corrected chi connectivity index (χ2v) is 15.1. The fraction of sp³-hybridized carbons (Fsp3) is 0.933. The van der Waals surface area contributed by atoms with Crippen LogP contribution in [-0.4, -0.2) is 5.11 Å². The van der Waals surface area contributed by atoms with Crippen molar-refractivity contribution in [2.24, 2.45) is 50.2 Å². The molecule has 0 spiro atoms. The van der Waals surface area contributed by atoms with E-state index in [9.17, 15) is 5.11 Å². The third kappa shape index (κ3) is 2.67. The molecule has 31 heavy (non-hydrogen) atoms. The number of rotatable bonds is 0. The molecule has 0 aromatic carbocycles. The number of hydrogen-bond donors (Lipinski definition) is 1. The van der Waals surface area contributed by atoms with Gasteiger partial charge in [-0.2, -0.15) is 0 Å². The lowest BCUT2D eigenvalue weighted by Gasteiger charge is -2.74. The zero-order chi connectivity index (χ0) is 22.7. The molecule has 1 nitrogen and oxygen atoms in total. The van der Waals surface area contributed by atoms with Crippen molar-refractivity contribution < 1.29 is 5.11 Å². The minimum Gasteiger partial charge on any atom is -0.512 e. The van der Waals surface area contributed by atoms with Crippen LogP contribution in [-0.2, 0) is 0 Å². The Hall–Kier alpha value is -0.460. The molecule has 0 radical (unpaired) electrons. The molecule has 5 rings (SSSR count). The van der Waals surface area contributed by atoms with E-state index in [0.29, 0.717) is 32.8 Å². The fourth-order valence-corrected chi connectivity index (χ4v) is 11.0. The third-order valence-corrected chi connectivity index (χ3v) is 13.5. The minimum atomic E-state index is 0.216. The molecule has 4 saturated carbocycles. The minimum absolute atomic E-state index is 0.216. The first-order chi connectivity index (χ1) is 14.2. The Kier molecular flexibility index (Phi) is 4.58. The topological polar surface area (TPSA) is 20.2 Å². The second kappa shape index (κ2) is 6.35. The molecule has 5 aliphatic rings. The van der Waals surface area contributed by atoms with Crippen LogP contribution in [0.25, 0.3) is 0 Å². The van der Waals surface area contributed by atoms with Crippen LogP contribution < -0.4 is 0 Å². The zero-order valence-electron chi connectivity index (χ0n) is 22.0. The Bertz CT molecular complexity index is 807. The molecule has 0 aliphatic heterocycles. The molecule has 5 aliphatic carbocycles. The van der Waals surface area contributed by atoms with Gasteiger partial charge in [-0.1, -0.05) is 48.5 Å². The summed E-state index contributed by atoms with van der Waals surface area (Å²) in [6, 6.07) is 0. The Balaban J connectivity index is 1.56. The number of fused-ring (bicyclic) bond motifs is 7. The lowest BCUT2D eigenvalue weighted by Crippen LogP contribution is -2.67. The zero-order valence-corrected chi connectivity index (χ0v) is 22.0. The molecule has 0 aromatic heterocycles. The van der Waals surface area contributed by atoms with Gasteiger partial charge in [-0.05, 0) is 127 Å². The van der Waals surface area contributed by atoms with Crippen LogP contribution in [0.1, 0.15) is 126 Å². The van der Waals surface area contributed by atoms with Crippen molar-refractivity contribution in [3.8, 4) is 0 Å². The second-order valence-electron chi connectivity index (χ2n) is 15.1. The van der Waals surface area contributed by atoms with Crippen LogP contribution in [0.5, 0.6) is 0 Å². The molecule has 8 atom stereocenters. The standard InChI is InChI=1S/C30H50O/c1-20-21(31)9-10-22-27(20,5)12-11-23-28(22,6)16-18-30(8)24-19-25(2,3)13-14-26(24,4)15-17-29(23,30)7/h22-24,31H,9-19H2,1-8H3/t22-,23+,24+,26-,27-,28+,29-,30+/m1/s1. The van der Waals surface area contributed by atoms with Gasteiger partial charge in [-0.25, -0.2) is 0 Å². The van der Waals surface area contributed by atoms with E-state index in [0.717, 1.165) is 24.2 Å². The number of allylic oxidation sites excluding steroid dienone is 2. The van der Waals surface area contributed by atoms with E-state index in [-0.39, 0.29) is 5.41 Å². The summed E-state index contributed by atoms with van der Waals surface area (Å²) in [6.07, 6.45) is 14.8.